The van der Waals surface area contributed by atoms with Gasteiger partial charge in [0.05, 0.1) is 17.9 Å². The van der Waals surface area contributed by atoms with Crippen LogP contribution in [-0.2, 0) is 4.79 Å². The highest BCUT2D eigenvalue weighted by Gasteiger charge is 2.22. The van der Waals surface area contributed by atoms with Gasteiger partial charge in [-0.1, -0.05) is 0 Å². The number of aryl methyl sites for hydroxylation is 2. The number of aliphatic carboxylic acids is 1. The third kappa shape index (κ3) is 2.37. The highest BCUT2D eigenvalue weighted by atomic mass is 16.4. The number of carboxylic acid groups (broad SMARTS) is 1. The number of H-pyrrole nitrogens is 1. The number of aromatic amines is 1. The summed E-state index contributed by atoms with van der Waals surface area (Å²) in [4.78, 5) is 22.3. The van der Waals surface area contributed by atoms with Gasteiger partial charge in [0, 0.05) is 5.69 Å². The molecule has 88 valence electrons. The van der Waals surface area contributed by atoms with Gasteiger partial charge in [0.25, 0.3) is 5.91 Å². The van der Waals surface area contributed by atoms with Crippen molar-refractivity contribution in [3.63, 3.8) is 0 Å². The molecule has 0 aliphatic rings. The topological polar surface area (TPSA) is 115 Å². The second-order valence-electron chi connectivity index (χ2n) is 3.36. The van der Waals surface area contributed by atoms with Crippen LogP contribution < -0.4 is 5.32 Å². The molecule has 0 aliphatic carbocycles. The van der Waals surface area contributed by atoms with Gasteiger partial charge < -0.3 is 15.5 Å². The highest BCUT2D eigenvalue weighted by molar-refractivity contribution is 5.98. The van der Waals surface area contributed by atoms with E-state index >= 15 is 0 Å². The summed E-state index contributed by atoms with van der Waals surface area (Å²) >= 11 is 0. The second-order valence-corrected chi connectivity index (χ2v) is 3.36. The highest BCUT2D eigenvalue weighted by Crippen LogP contribution is 2.08. The molecule has 7 heteroatoms. The van der Waals surface area contributed by atoms with Gasteiger partial charge in [-0.15, -0.1) is 0 Å². The Hall–Kier alpha value is -1.89. The molecule has 7 nitrogen and oxygen atoms in total. The summed E-state index contributed by atoms with van der Waals surface area (Å²) in [5.74, 6) is -1.85. The summed E-state index contributed by atoms with van der Waals surface area (Å²) in [6.45, 7) is 2.63. The van der Waals surface area contributed by atoms with Gasteiger partial charge >= 0.3 is 5.97 Å². The largest absolute Gasteiger partial charge is 0.480 e. The van der Waals surface area contributed by atoms with E-state index in [4.69, 9.17) is 10.2 Å². The first-order valence-corrected chi connectivity index (χ1v) is 4.63. The maximum atomic E-state index is 11.7. The zero-order valence-electron chi connectivity index (χ0n) is 8.94. The molecule has 1 aromatic rings. The third-order valence-corrected chi connectivity index (χ3v) is 2.14. The van der Waals surface area contributed by atoms with E-state index in [1.807, 2.05) is 0 Å². The minimum Gasteiger partial charge on any atom is -0.480 e. The molecule has 0 radical (unpaired) electrons. The molecule has 0 saturated heterocycles. The number of carboxylic acids is 1. The molecule has 0 spiro atoms. The van der Waals surface area contributed by atoms with Gasteiger partial charge in [0.2, 0.25) is 0 Å². The van der Waals surface area contributed by atoms with Crippen LogP contribution in [0.1, 0.15) is 21.7 Å². The zero-order chi connectivity index (χ0) is 12.3. The van der Waals surface area contributed by atoms with Crippen LogP contribution in [0.25, 0.3) is 0 Å². The van der Waals surface area contributed by atoms with Crippen molar-refractivity contribution in [3.05, 3.63) is 17.0 Å². The smallest absolute Gasteiger partial charge is 0.328 e. The van der Waals surface area contributed by atoms with E-state index in [1.54, 1.807) is 13.8 Å². The van der Waals surface area contributed by atoms with Crippen molar-refractivity contribution in [2.24, 2.45) is 0 Å². The maximum Gasteiger partial charge on any atom is 0.328 e. The summed E-state index contributed by atoms with van der Waals surface area (Å²) in [6.07, 6.45) is 0. The number of hydrogen-bond donors (Lipinski definition) is 4. The van der Waals surface area contributed by atoms with Gasteiger partial charge in [-0.2, -0.15) is 5.10 Å². The maximum absolute atomic E-state index is 11.7. The predicted octanol–water partition coefficient (Wildman–Crippen LogP) is -0.798. The third-order valence-electron chi connectivity index (χ3n) is 2.14. The zero-order valence-corrected chi connectivity index (χ0v) is 8.94. The lowest BCUT2D eigenvalue weighted by Gasteiger charge is -2.11. The first-order chi connectivity index (χ1) is 7.47. The van der Waals surface area contributed by atoms with Crippen LogP contribution in [0.3, 0.4) is 0 Å². The number of carbonyl (C=O) groups excluding carboxylic acids is 1. The molecule has 0 aliphatic heterocycles. The van der Waals surface area contributed by atoms with Crippen molar-refractivity contribution >= 4 is 11.9 Å². The van der Waals surface area contributed by atoms with Gasteiger partial charge in [-0.05, 0) is 13.8 Å². The van der Waals surface area contributed by atoms with Crippen molar-refractivity contribution in [2.45, 2.75) is 19.9 Å². The SMILES string of the molecule is Cc1n[nH]c(C)c1C(=O)N[C@@H](CO)C(=O)O. The summed E-state index contributed by atoms with van der Waals surface area (Å²) in [5.41, 5.74) is 1.34. The quantitative estimate of drug-likeness (QED) is 0.537. The number of aromatic nitrogens is 2. The molecule has 4 N–H and O–H groups in total. The standard InChI is InChI=1S/C9H13N3O4/c1-4-7(5(2)12-11-4)8(14)10-6(3-13)9(15)16/h6,13H,3H2,1-2H3,(H,10,14)(H,11,12)(H,15,16)/t6-/m0/s1. The lowest BCUT2D eigenvalue weighted by Crippen LogP contribution is -2.43. The van der Waals surface area contributed by atoms with Gasteiger partial charge in [-0.25, -0.2) is 4.79 Å². The molecule has 1 atom stereocenters. The van der Waals surface area contributed by atoms with Crippen LogP contribution >= 0.6 is 0 Å². The van der Waals surface area contributed by atoms with Gasteiger partial charge in [0.15, 0.2) is 6.04 Å². The Morgan fingerprint density at radius 3 is 2.50 bits per heavy atom. The average molecular weight is 227 g/mol. The summed E-state index contributed by atoms with van der Waals surface area (Å²) in [7, 11) is 0. The summed E-state index contributed by atoms with van der Waals surface area (Å²) < 4.78 is 0. The van der Waals surface area contributed by atoms with Crippen LogP contribution in [-0.4, -0.2) is 44.9 Å². The van der Waals surface area contributed by atoms with E-state index in [0.29, 0.717) is 17.0 Å². The minimum atomic E-state index is -1.30. The number of rotatable bonds is 4. The van der Waals surface area contributed by atoms with Crippen molar-refractivity contribution < 1.29 is 19.8 Å². The Morgan fingerprint density at radius 1 is 1.50 bits per heavy atom. The molecule has 0 saturated carbocycles. The number of aliphatic hydroxyl groups excluding tert-OH is 1. The molecule has 0 unspecified atom stereocenters. The fourth-order valence-corrected chi connectivity index (χ4v) is 1.30. The molecule has 1 rings (SSSR count). The number of hydrogen-bond acceptors (Lipinski definition) is 4. The van der Waals surface area contributed by atoms with E-state index in [-0.39, 0.29) is 0 Å². The van der Waals surface area contributed by atoms with Crippen LogP contribution in [0.2, 0.25) is 0 Å². The van der Waals surface area contributed by atoms with Crippen LogP contribution in [0.5, 0.6) is 0 Å². The van der Waals surface area contributed by atoms with Crippen molar-refractivity contribution in [1.82, 2.24) is 15.5 Å². The first kappa shape index (κ1) is 12.2. The van der Waals surface area contributed by atoms with Crippen molar-refractivity contribution in [2.75, 3.05) is 6.61 Å². The Balaban J connectivity index is 2.84. The predicted molar refractivity (Wildman–Crippen MR) is 54.0 cm³/mol. The Bertz CT molecular complexity index is 393. The summed E-state index contributed by atoms with van der Waals surface area (Å²) in [5, 5.41) is 26.1. The number of carbonyl (C=O) groups is 2. The van der Waals surface area contributed by atoms with E-state index in [0.717, 1.165) is 0 Å². The fraction of sp³-hybridized carbons (Fsp3) is 0.444. The van der Waals surface area contributed by atoms with Gasteiger partial charge in [0.1, 0.15) is 0 Å². The van der Waals surface area contributed by atoms with E-state index in [1.165, 1.54) is 0 Å². The molecule has 16 heavy (non-hydrogen) atoms. The van der Waals surface area contributed by atoms with Crippen LogP contribution in [0.4, 0.5) is 0 Å². The number of aliphatic hydroxyl groups is 1. The van der Waals surface area contributed by atoms with Crippen molar-refractivity contribution in [3.8, 4) is 0 Å². The van der Waals surface area contributed by atoms with Crippen molar-refractivity contribution in [1.29, 1.82) is 0 Å². The van der Waals surface area contributed by atoms with Crippen LogP contribution in [0.15, 0.2) is 0 Å². The number of nitrogens with one attached hydrogen (secondary N) is 2. The lowest BCUT2D eigenvalue weighted by atomic mass is 10.1. The normalized spacial score (nSPS) is 12.2. The Labute approximate surface area is 91.5 Å². The molecular formula is C9H13N3O4. The molecule has 1 amide bonds. The number of nitrogens with zero attached hydrogens (tertiary/aromatic N) is 1. The minimum absolute atomic E-state index is 0.305. The summed E-state index contributed by atoms with van der Waals surface area (Å²) in [6, 6.07) is -1.30. The molecule has 1 aromatic heterocycles. The number of amides is 1. The Morgan fingerprint density at radius 2 is 2.12 bits per heavy atom. The molecule has 0 bridgehead atoms. The first-order valence-electron chi connectivity index (χ1n) is 4.63. The van der Waals surface area contributed by atoms with Crippen LogP contribution in [0, 0.1) is 13.8 Å². The second kappa shape index (κ2) is 4.75. The molecule has 0 aromatic carbocycles. The van der Waals surface area contributed by atoms with Gasteiger partial charge in [-0.3, -0.25) is 9.89 Å². The lowest BCUT2D eigenvalue weighted by molar-refractivity contribution is -0.140. The fourth-order valence-electron chi connectivity index (χ4n) is 1.30. The van der Waals surface area contributed by atoms with E-state index in [9.17, 15) is 9.59 Å². The van der Waals surface area contributed by atoms with E-state index < -0.39 is 24.5 Å². The average Bonchev–Trinajstić information content (AvgIpc) is 2.54. The molecule has 0 fully saturated rings. The Kier molecular flexibility index (Phi) is 3.62. The molecule has 1 heterocycles. The monoisotopic (exact) mass is 227 g/mol. The molecular weight excluding hydrogens is 214 g/mol. The van der Waals surface area contributed by atoms with E-state index in [2.05, 4.69) is 15.5 Å².